The number of nitrogens with two attached hydrogens (primary N) is 1. The molecule has 0 unspecified atom stereocenters. The number of fused-ring (bicyclic) bond motifs is 1. The minimum atomic E-state index is -0.209. The zero-order valence-electron chi connectivity index (χ0n) is 10.8. The molecule has 0 spiro atoms. The molecule has 2 rings (SSSR count). The van der Waals surface area contributed by atoms with Crippen LogP contribution in [-0.2, 0) is 4.74 Å². The minimum absolute atomic E-state index is 0.209. The summed E-state index contributed by atoms with van der Waals surface area (Å²) in [7, 11) is 1.63. The molecule has 1 aromatic carbocycles. The van der Waals surface area contributed by atoms with Crippen LogP contribution in [0.3, 0.4) is 0 Å². The monoisotopic (exact) mass is 259 g/mol. The molecule has 1 amide bonds. The number of carbonyl (C=O) groups excluding carboxylic acids is 1. The quantitative estimate of drug-likeness (QED) is 0.631. The normalized spacial score (nSPS) is 10.6. The van der Waals surface area contributed by atoms with Crippen LogP contribution < -0.4 is 11.1 Å². The fourth-order valence-corrected chi connectivity index (χ4v) is 1.93. The standard InChI is InChI=1S/C14H17N3O2/c1-19-9-3-7-17-14(18)13-12-10(6-8-16-13)4-2-5-11(12)15/h2,4-6,8H,3,7,9,15H2,1H3,(H,17,18). The van der Waals surface area contributed by atoms with Gasteiger partial charge in [-0.1, -0.05) is 12.1 Å². The minimum Gasteiger partial charge on any atom is -0.398 e. The lowest BCUT2D eigenvalue weighted by Gasteiger charge is -2.08. The predicted molar refractivity (Wildman–Crippen MR) is 75.0 cm³/mol. The van der Waals surface area contributed by atoms with Crippen molar-refractivity contribution in [3.05, 3.63) is 36.2 Å². The molecule has 0 atom stereocenters. The number of nitrogens with zero attached hydrogens (tertiary/aromatic N) is 1. The van der Waals surface area contributed by atoms with E-state index in [-0.39, 0.29) is 5.91 Å². The van der Waals surface area contributed by atoms with Gasteiger partial charge in [0, 0.05) is 37.5 Å². The van der Waals surface area contributed by atoms with Crippen LogP contribution in [0.15, 0.2) is 30.5 Å². The van der Waals surface area contributed by atoms with Gasteiger partial charge in [0.15, 0.2) is 0 Å². The summed E-state index contributed by atoms with van der Waals surface area (Å²) in [5.41, 5.74) is 6.86. The average molecular weight is 259 g/mol. The largest absolute Gasteiger partial charge is 0.398 e. The number of benzene rings is 1. The van der Waals surface area contributed by atoms with Gasteiger partial charge in [0.2, 0.25) is 0 Å². The Kier molecular flexibility index (Phi) is 4.30. The number of amides is 1. The van der Waals surface area contributed by atoms with Gasteiger partial charge in [-0.15, -0.1) is 0 Å². The number of nitrogen functional groups attached to an aromatic ring is 1. The van der Waals surface area contributed by atoms with E-state index in [4.69, 9.17) is 10.5 Å². The van der Waals surface area contributed by atoms with Crippen LogP contribution in [0.1, 0.15) is 16.9 Å². The second-order valence-corrected chi connectivity index (χ2v) is 4.21. The maximum Gasteiger partial charge on any atom is 0.270 e. The fourth-order valence-electron chi connectivity index (χ4n) is 1.93. The Morgan fingerprint density at radius 1 is 1.42 bits per heavy atom. The molecule has 1 heterocycles. The van der Waals surface area contributed by atoms with Crippen molar-refractivity contribution in [2.45, 2.75) is 6.42 Å². The van der Waals surface area contributed by atoms with Crippen LogP contribution in [0.2, 0.25) is 0 Å². The lowest BCUT2D eigenvalue weighted by molar-refractivity contribution is 0.0945. The Bertz CT molecular complexity index is 579. The van der Waals surface area contributed by atoms with Gasteiger partial charge in [0.25, 0.3) is 5.91 Å². The van der Waals surface area contributed by atoms with Crippen molar-refractivity contribution in [2.75, 3.05) is 26.0 Å². The first-order valence-electron chi connectivity index (χ1n) is 6.14. The molecule has 0 fully saturated rings. The van der Waals surface area contributed by atoms with Crippen LogP contribution in [0.25, 0.3) is 10.8 Å². The van der Waals surface area contributed by atoms with Gasteiger partial charge in [-0.2, -0.15) is 0 Å². The van der Waals surface area contributed by atoms with Gasteiger partial charge >= 0.3 is 0 Å². The number of pyridine rings is 1. The average Bonchev–Trinajstić information content (AvgIpc) is 2.43. The van der Waals surface area contributed by atoms with Crippen molar-refractivity contribution < 1.29 is 9.53 Å². The molecule has 0 bridgehead atoms. The molecular weight excluding hydrogens is 242 g/mol. The molecular formula is C14H17N3O2. The molecule has 1 aromatic heterocycles. The van der Waals surface area contributed by atoms with E-state index < -0.39 is 0 Å². The van der Waals surface area contributed by atoms with Crippen molar-refractivity contribution in [1.29, 1.82) is 0 Å². The number of hydrogen-bond donors (Lipinski definition) is 2. The number of ether oxygens (including phenoxy) is 1. The molecule has 100 valence electrons. The van der Waals surface area contributed by atoms with Crippen LogP contribution in [-0.4, -0.2) is 31.2 Å². The third-order valence-corrected chi connectivity index (χ3v) is 2.85. The smallest absolute Gasteiger partial charge is 0.270 e. The van der Waals surface area contributed by atoms with Gasteiger partial charge in [-0.25, -0.2) is 0 Å². The first kappa shape index (κ1) is 13.3. The van der Waals surface area contributed by atoms with Crippen LogP contribution in [0, 0.1) is 0 Å². The number of anilines is 1. The highest BCUT2D eigenvalue weighted by Gasteiger charge is 2.12. The summed E-state index contributed by atoms with van der Waals surface area (Å²) in [6.07, 6.45) is 2.38. The Morgan fingerprint density at radius 2 is 2.26 bits per heavy atom. The zero-order valence-corrected chi connectivity index (χ0v) is 10.8. The highest BCUT2D eigenvalue weighted by atomic mass is 16.5. The summed E-state index contributed by atoms with van der Waals surface area (Å²) >= 11 is 0. The molecule has 0 saturated heterocycles. The van der Waals surface area contributed by atoms with E-state index in [1.807, 2.05) is 18.2 Å². The molecule has 0 aliphatic heterocycles. The molecule has 5 heteroatoms. The first-order chi connectivity index (χ1) is 9.24. The number of methoxy groups -OCH3 is 1. The van der Waals surface area contributed by atoms with Crippen LogP contribution in [0.5, 0.6) is 0 Å². The van der Waals surface area contributed by atoms with Gasteiger partial charge < -0.3 is 15.8 Å². The Labute approximate surface area is 111 Å². The van der Waals surface area contributed by atoms with E-state index >= 15 is 0 Å². The molecule has 19 heavy (non-hydrogen) atoms. The summed E-state index contributed by atoms with van der Waals surface area (Å²) in [5, 5.41) is 4.43. The van der Waals surface area contributed by atoms with Crippen molar-refractivity contribution in [3.63, 3.8) is 0 Å². The summed E-state index contributed by atoms with van der Waals surface area (Å²) in [4.78, 5) is 16.2. The fraction of sp³-hybridized carbons (Fsp3) is 0.286. The topological polar surface area (TPSA) is 77.2 Å². The number of nitrogens with one attached hydrogen (secondary N) is 1. The molecule has 0 saturated carbocycles. The maximum atomic E-state index is 12.1. The second kappa shape index (κ2) is 6.15. The molecule has 3 N–H and O–H groups in total. The summed E-state index contributed by atoms with van der Waals surface area (Å²) < 4.78 is 4.93. The first-order valence-corrected chi connectivity index (χ1v) is 6.14. The molecule has 2 aromatic rings. The summed E-state index contributed by atoms with van der Waals surface area (Å²) in [6.45, 7) is 1.17. The maximum absolute atomic E-state index is 12.1. The lowest BCUT2D eigenvalue weighted by Crippen LogP contribution is -2.26. The molecule has 0 aliphatic carbocycles. The number of carbonyl (C=O) groups is 1. The molecule has 0 radical (unpaired) electrons. The van der Waals surface area contributed by atoms with Crippen LogP contribution in [0.4, 0.5) is 5.69 Å². The Morgan fingerprint density at radius 3 is 3.05 bits per heavy atom. The van der Waals surface area contributed by atoms with Gasteiger partial charge in [-0.05, 0) is 23.9 Å². The van der Waals surface area contributed by atoms with E-state index in [1.165, 1.54) is 0 Å². The molecule has 5 nitrogen and oxygen atoms in total. The highest BCUT2D eigenvalue weighted by molar-refractivity contribution is 6.09. The second-order valence-electron chi connectivity index (χ2n) is 4.21. The van der Waals surface area contributed by atoms with Gasteiger partial charge in [-0.3, -0.25) is 9.78 Å². The Hall–Kier alpha value is -2.14. The number of rotatable bonds is 5. The number of hydrogen-bond acceptors (Lipinski definition) is 4. The van der Waals surface area contributed by atoms with E-state index in [0.717, 1.165) is 11.8 Å². The van der Waals surface area contributed by atoms with E-state index in [1.54, 1.807) is 19.4 Å². The van der Waals surface area contributed by atoms with Gasteiger partial charge in [0.1, 0.15) is 5.69 Å². The van der Waals surface area contributed by atoms with Crippen molar-refractivity contribution in [2.24, 2.45) is 0 Å². The lowest BCUT2D eigenvalue weighted by atomic mass is 10.1. The SMILES string of the molecule is COCCCNC(=O)c1nccc2cccc(N)c12. The third kappa shape index (κ3) is 3.00. The molecule has 0 aliphatic rings. The summed E-state index contributed by atoms with van der Waals surface area (Å²) in [6, 6.07) is 7.38. The van der Waals surface area contributed by atoms with Crippen molar-refractivity contribution in [1.82, 2.24) is 10.3 Å². The third-order valence-electron chi connectivity index (χ3n) is 2.85. The summed E-state index contributed by atoms with van der Waals surface area (Å²) in [5.74, 6) is -0.209. The van der Waals surface area contributed by atoms with Gasteiger partial charge in [0.05, 0.1) is 0 Å². The van der Waals surface area contributed by atoms with Crippen molar-refractivity contribution in [3.8, 4) is 0 Å². The van der Waals surface area contributed by atoms with Crippen LogP contribution >= 0.6 is 0 Å². The highest BCUT2D eigenvalue weighted by Crippen LogP contribution is 2.23. The van der Waals surface area contributed by atoms with E-state index in [9.17, 15) is 4.79 Å². The Balaban J connectivity index is 2.22. The van der Waals surface area contributed by atoms with E-state index in [2.05, 4.69) is 10.3 Å². The van der Waals surface area contributed by atoms with Crippen molar-refractivity contribution >= 4 is 22.4 Å². The zero-order chi connectivity index (χ0) is 13.7. The predicted octanol–water partition coefficient (Wildman–Crippen LogP) is 1.58. The number of aromatic nitrogens is 1. The van der Waals surface area contributed by atoms with E-state index in [0.29, 0.717) is 29.9 Å².